The minimum Gasteiger partial charge on any atom is -0.454 e. The van der Waals surface area contributed by atoms with Crippen molar-refractivity contribution in [3.8, 4) is 22.5 Å². The SMILES string of the molecule is CC1C=C2c3ccccc3-c3cc(-n4c5c(ccc6c7ccccc7oc65)c5ccc6c7ccccc7n(-c7cccc8ccccc78)c6c54)cc(c32)C1. The number of benzene rings is 8. The number of aromatic nitrogens is 2. The van der Waals surface area contributed by atoms with Crippen molar-refractivity contribution in [2.75, 3.05) is 0 Å². The van der Waals surface area contributed by atoms with E-state index in [1.807, 2.05) is 0 Å². The van der Waals surface area contributed by atoms with E-state index in [1.165, 1.54) is 93.6 Å². The van der Waals surface area contributed by atoms with Crippen molar-refractivity contribution in [2.24, 2.45) is 5.92 Å². The normalized spacial score (nSPS) is 15.0. The largest absolute Gasteiger partial charge is 0.454 e. The van der Waals surface area contributed by atoms with Crippen LogP contribution in [0.5, 0.6) is 0 Å². The molecule has 3 aromatic heterocycles. The predicted molar refractivity (Wildman–Crippen MR) is 225 cm³/mol. The van der Waals surface area contributed by atoms with Crippen LogP contribution in [0.4, 0.5) is 0 Å². The summed E-state index contributed by atoms with van der Waals surface area (Å²) in [5.41, 5.74) is 17.1. The summed E-state index contributed by atoms with van der Waals surface area (Å²) in [6.07, 6.45) is 3.50. The third kappa shape index (κ3) is 3.57. The summed E-state index contributed by atoms with van der Waals surface area (Å²) in [6, 6.07) is 56.0. The molecular formula is C51H32N2O. The van der Waals surface area contributed by atoms with Crippen LogP contribution in [0.25, 0.3) is 104 Å². The van der Waals surface area contributed by atoms with Gasteiger partial charge in [-0.3, -0.25) is 0 Å². The van der Waals surface area contributed by atoms with Gasteiger partial charge in [-0.25, -0.2) is 0 Å². The third-order valence-corrected chi connectivity index (χ3v) is 12.3. The van der Waals surface area contributed by atoms with E-state index in [0.717, 1.165) is 33.9 Å². The Morgan fingerprint density at radius 2 is 1.19 bits per heavy atom. The summed E-state index contributed by atoms with van der Waals surface area (Å²) in [7, 11) is 0. The number of fused-ring (bicyclic) bond motifs is 15. The number of para-hydroxylation sites is 2. The van der Waals surface area contributed by atoms with E-state index >= 15 is 0 Å². The van der Waals surface area contributed by atoms with Gasteiger partial charge >= 0.3 is 0 Å². The number of hydrogen-bond donors (Lipinski definition) is 0. The van der Waals surface area contributed by atoms with Crippen molar-refractivity contribution in [1.82, 2.24) is 9.13 Å². The maximum absolute atomic E-state index is 6.91. The molecule has 0 bridgehead atoms. The smallest absolute Gasteiger partial charge is 0.160 e. The van der Waals surface area contributed by atoms with Crippen LogP contribution in [0, 0.1) is 5.92 Å². The Labute approximate surface area is 310 Å². The highest BCUT2D eigenvalue weighted by Gasteiger charge is 2.32. The average molecular weight is 689 g/mol. The van der Waals surface area contributed by atoms with Gasteiger partial charge in [0.15, 0.2) is 5.58 Å². The number of furan rings is 1. The molecule has 11 aromatic rings. The van der Waals surface area contributed by atoms with Gasteiger partial charge in [-0.05, 0) is 87.5 Å². The molecule has 0 saturated heterocycles. The Morgan fingerprint density at radius 1 is 0.519 bits per heavy atom. The standard InChI is InChI=1S/C51H32N2O/c1-29-25-31-27-32(28-43-35-15-5-4-14-34(35)42(26-29)47(31)43)52-48-39(40-23-24-41-37-17-7-9-20-46(37)54-51(41)50(40)52)22-21-38-36-16-6-8-18-45(36)53(49(38)48)44-19-10-12-30-11-2-3-13-33(30)44/h2-24,26-29H,25H2,1H3. The molecule has 3 nitrogen and oxygen atoms in total. The minimum atomic E-state index is 0.447. The van der Waals surface area contributed by atoms with E-state index in [9.17, 15) is 0 Å². The van der Waals surface area contributed by atoms with Crippen LogP contribution in [0.2, 0.25) is 0 Å². The number of allylic oxidation sites excluding steroid dienone is 1. The van der Waals surface area contributed by atoms with Gasteiger partial charge in [-0.15, -0.1) is 0 Å². The quantitative estimate of drug-likeness (QED) is 0.177. The molecule has 2 aliphatic carbocycles. The Bertz CT molecular complexity index is 3490. The van der Waals surface area contributed by atoms with E-state index in [4.69, 9.17) is 4.42 Å². The van der Waals surface area contributed by atoms with Crippen LogP contribution < -0.4 is 0 Å². The predicted octanol–water partition coefficient (Wildman–Crippen LogP) is 13.5. The molecule has 1 unspecified atom stereocenters. The summed E-state index contributed by atoms with van der Waals surface area (Å²) < 4.78 is 12.0. The first kappa shape index (κ1) is 28.7. The molecule has 3 heteroatoms. The van der Waals surface area contributed by atoms with Crippen molar-refractivity contribution >= 4 is 81.9 Å². The second-order valence-electron chi connectivity index (χ2n) is 15.3. The van der Waals surface area contributed by atoms with Gasteiger partial charge in [-0.1, -0.05) is 128 Å². The average Bonchev–Trinajstić information content (AvgIpc) is 3.95. The van der Waals surface area contributed by atoms with Crippen LogP contribution in [0.1, 0.15) is 23.6 Å². The molecule has 3 heterocycles. The van der Waals surface area contributed by atoms with Crippen LogP contribution in [-0.4, -0.2) is 9.13 Å². The van der Waals surface area contributed by atoms with Gasteiger partial charge < -0.3 is 13.6 Å². The highest BCUT2D eigenvalue weighted by Crippen LogP contribution is 2.51. The molecule has 0 N–H and O–H groups in total. The summed E-state index contributed by atoms with van der Waals surface area (Å²) in [5.74, 6) is 0.447. The molecule has 2 aliphatic rings. The lowest BCUT2D eigenvalue weighted by atomic mass is 9.84. The monoisotopic (exact) mass is 688 g/mol. The van der Waals surface area contributed by atoms with Gasteiger partial charge in [0.05, 0.1) is 27.8 Å². The molecule has 0 saturated carbocycles. The molecule has 0 spiro atoms. The molecule has 0 radical (unpaired) electrons. The first-order valence-corrected chi connectivity index (χ1v) is 19.0. The van der Waals surface area contributed by atoms with Crippen LogP contribution >= 0.6 is 0 Å². The number of rotatable bonds is 2. The third-order valence-electron chi connectivity index (χ3n) is 12.3. The zero-order chi connectivity index (χ0) is 35.2. The van der Waals surface area contributed by atoms with Crippen molar-refractivity contribution in [3.63, 3.8) is 0 Å². The van der Waals surface area contributed by atoms with Crippen molar-refractivity contribution in [3.05, 3.63) is 174 Å². The fourth-order valence-electron chi connectivity index (χ4n) is 10.2. The first-order valence-electron chi connectivity index (χ1n) is 19.0. The fraction of sp³-hybridized carbons (Fsp3) is 0.0588. The van der Waals surface area contributed by atoms with Gasteiger partial charge in [0.25, 0.3) is 0 Å². The van der Waals surface area contributed by atoms with Crippen LogP contribution in [0.3, 0.4) is 0 Å². The molecule has 0 fully saturated rings. The molecule has 13 rings (SSSR count). The highest BCUT2D eigenvalue weighted by atomic mass is 16.3. The highest BCUT2D eigenvalue weighted by molar-refractivity contribution is 6.28. The van der Waals surface area contributed by atoms with Crippen LogP contribution in [0.15, 0.2) is 162 Å². The van der Waals surface area contributed by atoms with E-state index in [1.54, 1.807) is 0 Å². The number of nitrogens with zero attached hydrogens (tertiary/aromatic N) is 2. The van der Waals surface area contributed by atoms with Gasteiger partial charge in [0.2, 0.25) is 0 Å². The second kappa shape index (κ2) is 10.2. The molecule has 1 atom stereocenters. The molecule has 0 amide bonds. The van der Waals surface area contributed by atoms with E-state index < -0.39 is 0 Å². The van der Waals surface area contributed by atoms with Crippen molar-refractivity contribution < 1.29 is 4.42 Å². The molecule has 8 aromatic carbocycles. The minimum absolute atomic E-state index is 0.447. The number of hydrogen-bond acceptors (Lipinski definition) is 1. The summed E-state index contributed by atoms with van der Waals surface area (Å²) in [4.78, 5) is 0. The van der Waals surface area contributed by atoms with Crippen LogP contribution in [-0.2, 0) is 6.42 Å². The van der Waals surface area contributed by atoms with Gasteiger partial charge in [-0.2, -0.15) is 0 Å². The summed E-state index contributed by atoms with van der Waals surface area (Å²) in [6.45, 7) is 2.35. The molecule has 0 aliphatic heterocycles. The van der Waals surface area contributed by atoms with Crippen molar-refractivity contribution in [1.29, 1.82) is 0 Å². The van der Waals surface area contributed by atoms with Gasteiger partial charge in [0, 0.05) is 43.4 Å². The van der Waals surface area contributed by atoms with Crippen molar-refractivity contribution in [2.45, 2.75) is 13.3 Å². The Hall–Kier alpha value is -6.84. The lowest BCUT2D eigenvalue weighted by Crippen LogP contribution is -2.08. The summed E-state index contributed by atoms with van der Waals surface area (Å²) in [5, 5.41) is 9.63. The molecule has 252 valence electrons. The second-order valence-corrected chi connectivity index (χ2v) is 15.3. The van der Waals surface area contributed by atoms with Gasteiger partial charge in [0.1, 0.15) is 5.58 Å². The zero-order valence-corrected chi connectivity index (χ0v) is 29.6. The van der Waals surface area contributed by atoms with E-state index in [2.05, 4.69) is 174 Å². The Balaban J connectivity index is 1.28. The topological polar surface area (TPSA) is 23.0 Å². The Morgan fingerprint density at radius 3 is 2.07 bits per heavy atom. The zero-order valence-electron chi connectivity index (χ0n) is 29.6. The lowest BCUT2D eigenvalue weighted by molar-refractivity contribution is 0.671. The summed E-state index contributed by atoms with van der Waals surface area (Å²) >= 11 is 0. The maximum Gasteiger partial charge on any atom is 0.160 e. The molecular weight excluding hydrogens is 657 g/mol. The lowest BCUT2D eigenvalue weighted by Gasteiger charge is -2.22. The first-order chi connectivity index (χ1) is 26.7. The fourth-order valence-corrected chi connectivity index (χ4v) is 10.2. The maximum atomic E-state index is 6.91. The molecule has 54 heavy (non-hydrogen) atoms. The van der Waals surface area contributed by atoms with E-state index in [-0.39, 0.29) is 0 Å². The Kier molecular flexibility index (Phi) is 5.41. The van der Waals surface area contributed by atoms with E-state index in [0.29, 0.717) is 5.92 Å².